The van der Waals surface area contributed by atoms with Crippen LogP contribution in [0, 0.1) is 12.3 Å². The Kier molecular flexibility index (Phi) is 3.98. The van der Waals surface area contributed by atoms with Gasteiger partial charge in [0.15, 0.2) is 0 Å². The Bertz CT molecular complexity index is 341. The van der Waals surface area contributed by atoms with Gasteiger partial charge >= 0.3 is 0 Å². The van der Waals surface area contributed by atoms with Crippen molar-refractivity contribution in [3.63, 3.8) is 0 Å². The molecule has 1 atom stereocenters. The molecule has 0 spiro atoms. The minimum absolute atomic E-state index is 0.0713. The maximum absolute atomic E-state index is 10.0. The number of benzene rings is 1. The van der Waals surface area contributed by atoms with Crippen molar-refractivity contribution in [2.24, 2.45) is 5.41 Å². The van der Waals surface area contributed by atoms with Crippen LogP contribution in [-0.4, -0.2) is 24.8 Å². The first-order valence-electron chi connectivity index (χ1n) is 5.76. The van der Waals surface area contributed by atoms with E-state index in [0.29, 0.717) is 6.54 Å². The number of hydrogen-bond donors (Lipinski definition) is 1. The predicted octanol–water partition coefficient (Wildman–Crippen LogP) is 2.84. The fraction of sp³-hybridized carbons (Fsp3) is 0.571. The van der Waals surface area contributed by atoms with Crippen molar-refractivity contribution in [2.45, 2.75) is 33.8 Å². The minimum Gasteiger partial charge on any atom is -0.391 e. The normalized spacial score (nSPS) is 13.6. The molecule has 0 bridgehead atoms. The molecule has 0 saturated heterocycles. The van der Waals surface area contributed by atoms with Crippen molar-refractivity contribution in [2.75, 3.05) is 18.5 Å². The van der Waals surface area contributed by atoms with Gasteiger partial charge in [0.2, 0.25) is 0 Å². The maximum atomic E-state index is 10.0. The number of nitrogens with zero attached hydrogens (tertiary/aromatic N) is 1. The Balaban J connectivity index is 2.69. The molecule has 0 radical (unpaired) electrons. The van der Waals surface area contributed by atoms with Crippen LogP contribution in [-0.2, 0) is 0 Å². The zero-order valence-corrected chi connectivity index (χ0v) is 11.0. The maximum Gasteiger partial charge on any atom is 0.0763 e. The molecule has 16 heavy (non-hydrogen) atoms. The standard InChI is InChI=1S/C14H23NO/c1-11-7-6-8-12(9-11)15(5)10-13(16)14(2,3)4/h6-9,13,16H,10H2,1-5H3. The minimum atomic E-state index is -0.321. The van der Waals surface area contributed by atoms with Gasteiger partial charge in [-0.3, -0.25) is 0 Å². The van der Waals surface area contributed by atoms with Crippen LogP contribution >= 0.6 is 0 Å². The van der Waals surface area contributed by atoms with Crippen molar-refractivity contribution >= 4 is 5.69 Å². The molecule has 1 rings (SSSR count). The summed E-state index contributed by atoms with van der Waals surface area (Å²) in [6.45, 7) is 8.91. The summed E-state index contributed by atoms with van der Waals surface area (Å²) in [4.78, 5) is 2.10. The highest BCUT2D eigenvalue weighted by Crippen LogP contribution is 2.22. The van der Waals surface area contributed by atoms with E-state index < -0.39 is 0 Å². The van der Waals surface area contributed by atoms with E-state index in [1.807, 2.05) is 13.1 Å². The summed E-state index contributed by atoms with van der Waals surface area (Å²) in [6.07, 6.45) is -0.321. The van der Waals surface area contributed by atoms with Crippen LogP contribution in [0.3, 0.4) is 0 Å². The average molecular weight is 221 g/mol. The second-order valence-corrected chi connectivity index (χ2v) is 5.60. The summed E-state index contributed by atoms with van der Waals surface area (Å²) in [5, 5.41) is 10.0. The zero-order valence-electron chi connectivity index (χ0n) is 11.0. The van der Waals surface area contributed by atoms with Crippen LogP contribution in [0.4, 0.5) is 5.69 Å². The number of rotatable bonds is 3. The summed E-state index contributed by atoms with van der Waals surface area (Å²) in [6, 6.07) is 8.33. The fourth-order valence-corrected chi connectivity index (χ4v) is 1.50. The summed E-state index contributed by atoms with van der Waals surface area (Å²) in [5.41, 5.74) is 2.33. The highest BCUT2D eigenvalue weighted by atomic mass is 16.3. The number of likely N-dealkylation sites (N-methyl/N-ethyl adjacent to an activating group) is 1. The molecule has 1 N–H and O–H groups in total. The molecule has 0 aliphatic heterocycles. The van der Waals surface area contributed by atoms with Crippen LogP contribution in [0.2, 0.25) is 0 Å². The first kappa shape index (κ1) is 13.0. The van der Waals surface area contributed by atoms with Gasteiger partial charge in [-0.05, 0) is 30.0 Å². The van der Waals surface area contributed by atoms with Gasteiger partial charge in [-0.1, -0.05) is 32.9 Å². The van der Waals surface area contributed by atoms with E-state index in [2.05, 4.69) is 50.8 Å². The summed E-state index contributed by atoms with van der Waals surface area (Å²) >= 11 is 0. The van der Waals surface area contributed by atoms with Crippen molar-refractivity contribution in [1.29, 1.82) is 0 Å². The molecule has 1 aromatic carbocycles. The van der Waals surface area contributed by atoms with Crippen LogP contribution in [0.1, 0.15) is 26.3 Å². The molecule has 0 saturated carbocycles. The van der Waals surface area contributed by atoms with Gasteiger partial charge in [0.05, 0.1) is 6.10 Å². The van der Waals surface area contributed by atoms with Crippen molar-refractivity contribution in [3.8, 4) is 0 Å². The molecule has 2 heteroatoms. The average Bonchev–Trinajstić information content (AvgIpc) is 2.16. The van der Waals surface area contributed by atoms with Gasteiger partial charge in [0.1, 0.15) is 0 Å². The largest absolute Gasteiger partial charge is 0.391 e. The number of aryl methyl sites for hydroxylation is 1. The lowest BCUT2D eigenvalue weighted by atomic mass is 9.89. The SMILES string of the molecule is Cc1cccc(N(C)CC(O)C(C)(C)C)c1. The molecule has 0 aromatic heterocycles. The molecule has 90 valence electrons. The Morgan fingerprint density at radius 2 is 1.94 bits per heavy atom. The van der Waals surface area contributed by atoms with Crippen molar-refractivity contribution < 1.29 is 5.11 Å². The summed E-state index contributed by atoms with van der Waals surface area (Å²) in [5.74, 6) is 0. The Hall–Kier alpha value is -1.02. The second-order valence-electron chi connectivity index (χ2n) is 5.60. The molecule has 0 fully saturated rings. The predicted molar refractivity (Wildman–Crippen MR) is 69.9 cm³/mol. The smallest absolute Gasteiger partial charge is 0.0763 e. The highest BCUT2D eigenvalue weighted by molar-refractivity contribution is 5.47. The zero-order chi connectivity index (χ0) is 12.3. The molecule has 0 aliphatic rings. The van der Waals surface area contributed by atoms with Gasteiger partial charge < -0.3 is 10.0 Å². The lowest BCUT2D eigenvalue weighted by Crippen LogP contribution is -2.37. The van der Waals surface area contributed by atoms with Crippen LogP contribution in [0.25, 0.3) is 0 Å². The van der Waals surface area contributed by atoms with E-state index in [0.717, 1.165) is 5.69 Å². The molecule has 1 aromatic rings. The third-order valence-corrected chi connectivity index (χ3v) is 2.89. The molecule has 0 amide bonds. The van der Waals surface area contributed by atoms with E-state index in [9.17, 15) is 5.11 Å². The van der Waals surface area contributed by atoms with Gasteiger partial charge in [-0.2, -0.15) is 0 Å². The fourth-order valence-electron chi connectivity index (χ4n) is 1.50. The van der Waals surface area contributed by atoms with Crippen LogP contribution in [0.15, 0.2) is 24.3 Å². The topological polar surface area (TPSA) is 23.5 Å². The second kappa shape index (κ2) is 4.88. The van der Waals surface area contributed by atoms with Gasteiger partial charge in [0.25, 0.3) is 0 Å². The molecule has 1 unspecified atom stereocenters. The van der Waals surface area contributed by atoms with Crippen LogP contribution < -0.4 is 4.90 Å². The van der Waals surface area contributed by atoms with E-state index in [-0.39, 0.29) is 11.5 Å². The third-order valence-electron chi connectivity index (χ3n) is 2.89. The lowest BCUT2D eigenvalue weighted by Gasteiger charge is -2.31. The Morgan fingerprint density at radius 1 is 1.31 bits per heavy atom. The van der Waals surface area contributed by atoms with E-state index in [4.69, 9.17) is 0 Å². The lowest BCUT2D eigenvalue weighted by molar-refractivity contribution is 0.0699. The highest BCUT2D eigenvalue weighted by Gasteiger charge is 2.23. The first-order valence-corrected chi connectivity index (χ1v) is 5.76. The van der Waals surface area contributed by atoms with Crippen molar-refractivity contribution in [3.05, 3.63) is 29.8 Å². The van der Waals surface area contributed by atoms with Gasteiger partial charge in [-0.25, -0.2) is 0 Å². The Morgan fingerprint density at radius 3 is 2.44 bits per heavy atom. The monoisotopic (exact) mass is 221 g/mol. The number of anilines is 1. The van der Waals surface area contributed by atoms with Gasteiger partial charge in [-0.15, -0.1) is 0 Å². The molecular weight excluding hydrogens is 198 g/mol. The number of aliphatic hydroxyl groups is 1. The Labute approximate surface area is 98.9 Å². The number of aliphatic hydroxyl groups excluding tert-OH is 1. The van der Waals surface area contributed by atoms with Gasteiger partial charge in [0, 0.05) is 19.3 Å². The summed E-state index contributed by atoms with van der Waals surface area (Å²) < 4.78 is 0. The van der Waals surface area contributed by atoms with Crippen molar-refractivity contribution in [1.82, 2.24) is 0 Å². The summed E-state index contributed by atoms with van der Waals surface area (Å²) in [7, 11) is 2.02. The van der Waals surface area contributed by atoms with E-state index in [1.165, 1.54) is 5.56 Å². The third kappa shape index (κ3) is 3.53. The number of hydrogen-bond acceptors (Lipinski definition) is 2. The first-order chi connectivity index (χ1) is 7.30. The van der Waals surface area contributed by atoms with Crippen LogP contribution in [0.5, 0.6) is 0 Å². The molecule has 0 aliphatic carbocycles. The quantitative estimate of drug-likeness (QED) is 0.848. The van der Waals surface area contributed by atoms with E-state index >= 15 is 0 Å². The molecular formula is C14H23NO. The molecule has 0 heterocycles. The van der Waals surface area contributed by atoms with E-state index in [1.54, 1.807) is 0 Å². The molecule has 2 nitrogen and oxygen atoms in total.